The van der Waals surface area contributed by atoms with Crippen LogP contribution in [-0.2, 0) is 11.3 Å². The van der Waals surface area contributed by atoms with Crippen molar-refractivity contribution in [2.24, 2.45) is 5.92 Å². The molecule has 9 heteroatoms. The fourth-order valence-corrected chi connectivity index (χ4v) is 3.20. The molecule has 0 bridgehead atoms. The van der Waals surface area contributed by atoms with Crippen LogP contribution in [-0.4, -0.2) is 65.4 Å². The summed E-state index contributed by atoms with van der Waals surface area (Å²) < 4.78 is 12.2. The number of nitrogens with one attached hydrogen (secondary N) is 1. The van der Waals surface area contributed by atoms with Crippen molar-refractivity contribution in [1.29, 1.82) is 0 Å². The number of carbonyl (C=O) groups excluding carboxylic acids is 1. The third kappa shape index (κ3) is 4.73. The van der Waals surface area contributed by atoms with E-state index < -0.39 is 0 Å². The van der Waals surface area contributed by atoms with Gasteiger partial charge in [0.05, 0.1) is 26.5 Å². The summed E-state index contributed by atoms with van der Waals surface area (Å²) in [4.78, 5) is 14.1. The molecule has 2 aromatic rings. The van der Waals surface area contributed by atoms with Crippen LogP contribution in [0, 0.1) is 5.92 Å². The summed E-state index contributed by atoms with van der Waals surface area (Å²) in [6, 6.07) is 5.41. The van der Waals surface area contributed by atoms with Gasteiger partial charge in [-0.2, -0.15) is 4.68 Å². The van der Waals surface area contributed by atoms with Gasteiger partial charge < -0.3 is 19.7 Å². The van der Waals surface area contributed by atoms with Gasteiger partial charge in [-0.25, -0.2) is 0 Å². The molecule has 27 heavy (non-hydrogen) atoms. The maximum absolute atomic E-state index is 12.5. The van der Waals surface area contributed by atoms with Gasteiger partial charge in [-0.15, -0.1) is 5.10 Å². The van der Waals surface area contributed by atoms with Gasteiger partial charge in [-0.3, -0.25) is 4.79 Å². The number of hydrogen-bond donors (Lipinski definition) is 1. The molecule has 1 aromatic heterocycles. The molecule has 0 saturated carbocycles. The Labute approximate surface area is 158 Å². The summed E-state index contributed by atoms with van der Waals surface area (Å²) in [5, 5.41) is 15.2. The molecule has 1 N–H and O–H groups in total. The van der Waals surface area contributed by atoms with Crippen molar-refractivity contribution in [2.75, 3.05) is 34.4 Å². The minimum atomic E-state index is 0.0969. The average molecular weight is 374 g/mol. The van der Waals surface area contributed by atoms with E-state index in [0.29, 0.717) is 41.9 Å². The lowest BCUT2D eigenvalue weighted by molar-refractivity contribution is -0.130. The number of aromatic nitrogens is 4. The van der Waals surface area contributed by atoms with Gasteiger partial charge in [0.25, 0.3) is 0 Å². The molecule has 0 spiro atoms. The SMILES string of the molecule is COc1cc(OC)cc(-n2nnnc2CN(C)C(=O)CCC2CCNC2)c1. The zero-order valence-corrected chi connectivity index (χ0v) is 16.0. The zero-order chi connectivity index (χ0) is 19.2. The van der Waals surface area contributed by atoms with E-state index in [1.165, 1.54) is 0 Å². The summed E-state index contributed by atoms with van der Waals surface area (Å²) in [7, 11) is 4.96. The number of carbonyl (C=O) groups is 1. The molecule has 1 fully saturated rings. The lowest BCUT2D eigenvalue weighted by Crippen LogP contribution is -2.28. The van der Waals surface area contributed by atoms with E-state index in [-0.39, 0.29) is 5.91 Å². The Balaban J connectivity index is 1.68. The van der Waals surface area contributed by atoms with E-state index in [4.69, 9.17) is 9.47 Å². The average Bonchev–Trinajstić information content (AvgIpc) is 3.37. The molecule has 1 unspecified atom stereocenters. The fourth-order valence-electron chi connectivity index (χ4n) is 3.20. The molecule has 1 atom stereocenters. The number of rotatable bonds is 8. The van der Waals surface area contributed by atoms with Crippen molar-refractivity contribution in [3.05, 3.63) is 24.0 Å². The molecular formula is C18H26N6O3. The van der Waals surface area contributed by atoms with Crippen molar-refractivity contribution in [3.63, 3.8) is 0 Å². The van der Waals surface area contributed by atoms with Crippen molar-refractivity contribution < 1.29 is 14.3 Å². The Kier molecular flexibility index (Phi) is 6.23. The predicted molar refractivity (Wildman–Crippen MR) is 98.9 cm³/mol. The third-order valence-corrected chi connectivity index (χ3v) is 4.85. The van der Waals surface area contributed by atoms with Crippen LogP contribution in [0.3, 0.4) is 0 Å². The van der Waals surface area contributed by atoms with Crippen molar-refractivity contribution in [2.45, 2.75) is 25.8 Å². The van der Waals surface area contributed by atoms with Gasteiger partial charge in [0, 0.05) is 31.7 Å². The molecule has 0 aliphatic carbocycles. The normalized spacial score (nSPS) is 16.3. The fraction of sp³-hybridized carbons (Fsp3) is 0.556. The van der Waals surface area contributed by atoms with E-state index in [0.717, 1.165) is 25.9 Å². The highest BCUT2D eigenvalue weighted by atomic mass is 16.5. The molecule has 1 aromatic carbocycles. The molecule has 9 nitrogen and oxygen atoms in total. The second-order valence-corrected chi connectivity index (χ2v) is 6.73. The monoisotopic (exact) mass is 374 g/mol. The molecule has 1 aliphatic rings. The topological polar surface area (TPSA) is 94.4 Å². The molecule has 146 valence electrons. The summed E-state index contributed by atoms with van der Waals surface area (Å²) >= 11 is 0. The maximum atomic E-state index is 12.5. The van der Waals surface area contributed by atoms with Crippen LogP contribution in [0.2, 0.25) is 0 Å². The predicted octanol–water partition coefficient (Wildman–Crippen LogP) is 1.03. The van der Waals surface area contributed by atoms with Crippen LogP contribution in [0.25, 0.3) is 5.69 Å². The molecule has 1 aliphatic heterocycles. The maximum Gasteiger partial charge on any atom is 0.222 e. The summed E-state index contributed by atoms with van der Waals surface area (Å²) in [5.41, 5.74) is 0.712. The second-order valence-electron chi connectivity index (χ2n) is 6.73. The first-order valence-corrected chi connectivity index (χ1v) is 9.06. The Bertz CT molecular complexity index is 750. The van der Waals surface area contributed by atoms with Crippen LogP contribution in [0.15, 0.2) is 18.2 Å². The van der Waals surface area contributed by atoms with Crippen LogP contribution in [0.5, 0.6) is 11.5 Å². The number of tetrazole rings is 1. The Morgan fingerprint density at radius 3 is 2.67 bits per heavy atom. The zero-order valence-electron chi connectivity index (χ0n) is 16.0. The van der Waals surface area contributed by atoms with Gasteiger partial charge in [0.15, 0.2) is 5.82 Å². The highest BCUT2D eigenvalue weighted by Crippen LogP contribution is 2.25. The van der Waals surface area contributed by atoms with E-state index in [2.05, 4.69) is 20.8 Å². The number of hydrogen-bond acceptors (Lipinski definition) is 7. The third-order valence-electron chi connectivity index (χ3n) is 4.85. The highest BCUT2D eigenvalue weighted by molar-refractivity contribution is 5.75. The highest BCUT2D eigenvalue weighted by Gasteiger charge is 2.19. The molecule has 1 saturated heterocycles. The van der Waals surface area contributed by atoms with E-state index >= 15 is 0 Å². The largest absolute Gasteiger partial charge is 0.497 e. The number of benzene rings is 1. The lowest BCUT2D eigenvalue weighted by atomic mass is 10.0. The molecule has 3 rings (SSSR count). The first-order chi connectivity index (χ1) is 13.1. The second kappa shape index (κ2) is 8.81. The van der Waals surface area contributed by atoms with Gasteiger partial charge in [-0.05, 0) is 42.3 Å². The Morgan fingerprint density at radius 2 is 2.04 bits per heavy atom. The smallest absolute Gasteiger partial charge is 0.222 e. The van der Waals surface area contributed by atoms with Crippen molar-refractivity contribution in [1.82, 2.24) is 30.4 Å². The molecular weight excluding hydrogens is 348 g/mol. The first kappa shape index (κ1) is 19.1. The van der Waals surface area contributed by atoms with Crippen LogP contribution in [0.4, 0.5) is 0 Å². The Morgan fingerprint density at radius 1 is 1.30 bits per heavy atom. The summed E-state index contributed by atoms with van der Waals surface area (Å²) in [6.45, 7) is 2.38. The van der Waals surface area contributed by atoms with E-state index in [9.17, 15) is 4.79 Å². The minimum absolute atomic E-state index is 0.0969. The van der Waals surface area contributed by atoms with Gasteiger partial charge in [0.1, 0.15) is 11.5 Å². The van der Waals surface area contributed by atoms with Crippen LogP contribution in [0.1, 0.15) is 25.1 Å². The summed E-state index contributed by atoms with van der Waals surface area (Å²) in [6.07, 6.45) is 2.60. The first-order valence-electron chi connectivity index (χ1n) is 9.06. The number of ether oxygens (including phenoxy) is 2. The minimum Gasteiger partial charge on any atom is -0.497 e. The number of amides is 1. The standard InChI is InChI=1S/C18H26N6O3/c1-23(18(25)5-4-13-6-7-19-11-13)12-17-20-21-22-24(17)14-8-15(26-2)10-16(9-14)27-3/h8-10,13,19H,4-7,11-12H2,1-3H3. The van der Waals surface area contributed by atoms with Gasteiger partial charge in [-0.1, -0.05) is 0 Å². The van der Waals surface area contributed by atoms with Crippen LogP contribution >= 0.6 is 0 Å². The van der Waals surface area contributed by atoms with Crippen molar-refractivity contribution in [3.8, 4) is 17.2 Å². The van der Waals surface area contributed by atoms with Gasteiger partial charge in [0.2, 0.25) is 5.91 Å². The van der Waals surface area contributed by atoms with Gasteiger partial charge >= 0.3 is 0 Å². The quantitative estimate of drug-likeness (QED) is 0.737. The lowest BCUT2D eigenvalue weighted by Gasteiger charge is -2.18. The Hall–Kier alpha value is -2.68. The van der Waals surface area contributed by atoms with Crippen molar-refractivity contribution >= 4 is 5.91 Å². The number of methoxy groups -OCH3 is 2. The molecule has 1 amide bonds. The number of nitrogens with zero attached hydrogens (tertiary/aromatic N) is 5. The van der Waals surface area contributed by atoms with E-state index in [1.54, 1.807) is 36.9 Å². The van der Waals surface area contributed by atoms with Crippen LogP contribution < -0.4 is 14.8 Å². The molecule has 0 radical (unpaired) electrons. The summed E-state index contributed by atoms with van der Waals surface area (Å²) in [5.74, 6) is 2.54. The molecule has 2 heterocycles. The van der Waals surface area contributed by atoms with E-state index in [1.807, 2.05) is 12.1 Å².